The van der Waals surface area contributed by atoms with E-state index in [1.54, 1.807) is 12.1 Å². The summed E-state index contributed by atoms with van der Waals surface area (Å²) in [5, 5.41) is 10.8. The number of benzene rings is 1. The molecular formula is C17H19F3O3. The van der Waals surface area contributed by atoms with E-state index in [2.05, 4.69) is 4.74 Å². The van der Waals surface area contributed by atoms with Gasteiger partial charge in [0.15, 0.2) is 0 Å². The molecule has 1 aromatic rings. The molecule has 1 aromatic carbocycles. The smallest absolute Gasteiger partial charge is 0.406 e. The highest BCUT2D eigenvalue weighted by molar-refractivity contribution is 5.83. The summed E-state index contributed by atoms with van der Waals surface area (Å²) in [5.41, 5.74) is 0.270. The molecule has 3 rings (SSSR count). The third-order valence-electron chi connectivity index (χ3n) is 5.21. The fourth-order valence-electron chi connectivity index (χ4n) is 3.86. The van der Waals surface area contributed by atoms with Crippen LogP contribution in [0.1, 0.15) is 44.1 Å². The van der Waals surface area contributed by atoms with E-state index in [0.717, 1.165) is 31.2 Å². The molecule has 0 heterocycles. The average Bonchev–Trinajstić information content (AvgIpc) is 2.84. The van der Waals surface area contributed by atoms with Gasteiger partial charge in [-0.1, -0.05) is 18.6 Å². The Balaban J connectivity index is 1.81. The van der Waals surface area contributed by atoms with Gasteiger partial charge in [-0.05, 0) is 43.4 Å². The van der Waals surface area contributed by atoms with Gasteiger partial charge in [0.1, 0.15) is 11.5 Å². The van der Waals surface area contributed by atoms with Gasteiger partial charge in [-0.15, -0.1) is 13.2 Å². The Hall–Kier alpha value is -1.56. The minimum absolute atomic E-state index is 0.0980. The monoisotopic (exact) mass is 328 g/mol. The van der Waals surface area contributed by atoms with Crippen molar-refractivity contribution in [3.8, 4) is 5.75 Å². The number of carbonyl (C=O) groups excluding carboxylic acids is 1. The molecule has 1 N–H and O–H groups in total. The second-order valence-electron chi connectivity index (χ2n) is 6.49. The SMILES string of the molecule is O=C1CCC[C@@H]1C(O)C1(c2ccc(OC(F)(F)F)cc2)CCC1. The number of ether oxygens (including phenoxy) is 1. The molecule has 0 saturated heterocycles. The van der Waals surface area contributed by atoms with E-state index >= 15 is 0 Å². The minimum Gasteiger partial charge on any atom is -0.406 e. The van der Waals surface area contributed by atoms with E-state index in [0.29, 0.717) is 12.8 Å². The summed E-state index contributed by atoms with van der Waals surface area (Å²) < 4.78 is 40.6. The maximum atomic E-state index is 12.2. The topological polar surface area (TPSA) is 46.5 Å². The molecule has 0 aliphatic heterocycles. The van der Waals surface area contributed by atoms with Crippen LogP contribution in [-0.4, -0.2) is 23.4 Å². The molecule has 1 unspecified atom stereocenters. The third kappa shape index (κ3) is 3.09. The highest BCUT2D eigenvalue weighted by Crippen LogP contribution is 2.50. The van der Waals surface area contributed by atoms with E-state index in [4.69, 9.17) is 0 Å². The molecule has 23 heavy (non-hydrogen) atoms. The Bertz CT molecular complexity index is 576. The molecule has 0 aromatic heterocycles. The van der Waals surface area contributed by atoms with Crippen LogP contribution in [0.5, 0.6) is 5.75 Å². The van der Waals surface area contributed by atoms with Crippen molar-refractivity contribution in [3.63, 3.8) is 0 Å². The van der Waals surface area contributed by atoms with Crippen LogP contribution < -0.4 is 4.74 Å². The van der Waals surface area contributed by atoms with Crippen LogP contribution in [0.25, 0.3) is 0 Å². The third-order valence-corrected chi connectivity index (χ3v) is 5.21. The summed E-state index contributed by atoms with van der Waals surface area (Å²) >= 11 is 0. The van der Waals surface area contributed by atoms with Crippen LogP contribution in [0.3, 0.4) is 0 Å². The Morgan fingerprint density at radius 3 is 2.26 bits per heavy atom. The van der Waals surface area contributed by atoms with Gasteiger partial charge in [0.05, 0.1) is 6.10 Å². The van der Waals surface area contributed by atoms with Crippen molar-refractivity contribution in [2.45, 2.75) is 56.4 Å². The molecule has 3 nitrogen and oxygen atoms in total. The van der Waals surface area contributed by atoms with Gasteiger partial charge in [0.25, 0.3) is 0 Å². The molecule has 2 aliphatic rings. The molecule has 0 radical (unpaired) electrons. The number of rotatable bonds is 4. The largest absolute Gasteiger partial charge is 0.573 e. The average molecular weight is 328 g/mol. The quantitative estimate of drug-likeness (QED) is 0.916. The lowest BCUT2D eigenvalue weighted by Crippen LogP contribution is -2.50. The number of hydrogen-bond donors (Lipinski definition) is 1. The zero-order valence-electron chi connectivity index (χ0n) is 12.6. The first-order chi connectivity index (χ1) is 10.8. The van der Waals surface area contributed by atoms with Crippen molar-refractivity contribution in [2.24, 2.45) is 5.92 Å². The number of Topliss-reactive ketones (excluding diaryl/α,β-unsaturated/α-hetero) is 1. The zero-order valence-corrected chi connectivity index (χ0v) is 12.6. The maximum absolute atomic E-state index is 12.2. The number of alkyl halides is 3. The lowest BCUT2D eigenvalue weighted by Gasteiger charge is -2.47. The van der Waals surface area contributed by atoms with E-state index < -0.39 is 17.9 Å². The van der Waals surface area contributed by atoms with Gasteiger partial charge in [-0.3, -0.25) is 4.79 Å². The second kappa shape index (κ2) is 5.82. The number of carbonyl (C=O) groups is 1. The Morgan fingerprint density at radius 1 is 1.17 bits per heavy atom. The van der Waals surface area contributed by atoms with E-state index in [9.17, 15) is 23.1 Å². The Morgan fingerprint density at radius 2 is 1.83 bits per heavy atom. The van der Waals surface area contributed by atoms with Crippen molar-refractivity contribution < 1.29 is 27.8 Å². The van der Waals surface area contributed by atoms with Gasteiger partial charge >= 0.3 is 6.36 Å². The van der Waals surface area contributed by atoms with Crippen molar-refractivity contribution >= 4 is 5.78 Å². The van der Waals surface area contributed by atoms with Crippen molar-refractivity contribution in [2.75, 3.05) is 0 Å². The van der Waals surface area contributed by atoms with Crippen molar-refractivity contribution in [1.82, 2.24) is 0 Å². The van der Waals surface area contributed by atoms with Crippen LogP contribution in [-0.2, 0) is 10.2 Å². The number of aliphatic hydroxyl groups is 1. The number of aliphatic hydroxyl groups excluding tert-OH is 1. The van der Waals surface area contributed by atoms with E-state index in [1.165, 1.54) is 12.1 Å². The first-order valence-corrected chi connectivity index (χ1v) is 7.89. The summed E-state index contributed by atoms with van der Waals surface area (Å²) in [5.74, 6) is -0.524. The predicted octanol–water partition coefficient (Wildman–Crippen LogP) is 3.74. The second-order valence-corrected chi connectivity index (χ2v) is 6.49. The summed E-state index contributed by atoms with van der Waals surface area (Å²) in [6, 6.07) is 5.68. The van der Waals surface area contributed by atoms with Gasteiger partial charge in [-0.25, -0.2) is 0 Å². The molecule has 0 spiro atoms. The van der Waals surface area contributed by atoms with Crippen LogP contribution in [0, 0.1) is 5.92 Å². The Labute approximate surface area is 132 Å². The predicted molar refractivity (Wildman–Crippen MR) is 77.0 cm³/mol. The lowest BCUT2D eigenvalue weighted by atomic mass is 9.58. The van der Waals surface area contributed by atoms with E-state index in [-0.39, 0.29) is 17.5 Å². The van der Waals surface area contributed by atoms with Crippen LogP contribution in [0.2, 0.25) is 0 Å². The molecule has 126 valence electrons. The molecule has 0 bridgehead atoms. The van der Waals surface area contributed by atoms with E-state index in [1.807, 2.05) is 0 Å². The molecular weight excluding hydrogens is 309 g/mol. The van der Waals surface area contributed by atoms with Crippen molar-refractivity contribution in [1.29, 1.82) is 0 Å². The Kier molecular flexibility index (Phi) is 4.12. The molecule has 2 aliphatic carbocycles. The van der Waals surface area contributed by atoms with Crippen LogP contribution in [0.4, 0.5) is 13.2 Å². The van der Waals surface area contributed by atoms with Crippen LogP contribution in [0.15, 0.2) is 24.3 Å². The summed E-state index contributed by atoms with van der Waals surface area (Å²) in [6.07, 6.45) is -1.04. The summed E-state index contributed by atoms with van der Waals surface area (Å²) in [7, 11) is 0. The lowest BCUT2D eigenvalue weighted by molar-refractivity contribution is -0.274. The van der Waals surface area contributed by atoms with Crippen LogP contribution >= 0.6 is 0 Å². The number of halogens is 3. The maximum Gasteiger partial charge on any atom is 0.573 e. The molecule has 2 atom stereocenters. The highest BCUT2D eigenvalue weighted by Gasteiger charge is 2.50. The highest BCUT2D eigenvalue weighted by atomic mass is 19.4. The van der Waals surface area contributed by atoms with Gasteiger partial charge < -0.3 is 9.84 Å². The first-order valence-electron chi connectivity index (χ1n) is 7.89. The normalized spacial score (nSPS) is 25.0. The summed E-state index contributed by atoms with van der Waals surface area (Å²) in [4.78, 5) is 11.9. The van der Waals surface area contributed by atoms with Gasteiger partial charge in [-0.2, -0.15) is 0 Å². The fourth-order valence-corrected chi connectivity index (χ4v) is 3.86. The zero-order chi connectivity index (χ0) is 16.7. The van der Waals surface area contributed by atoms with Gasteiger partial charge in [0, 0.05) is 17.8 Å². The standard InChI is InChI=1S/C17H19F3O3/c18-17(19,20)23-12-7-5-11(6-8-12)16(9-2-10-16)15(22)13-3-1-4-14(13)21/h5-8,13,15,22H,1-4,9-10H2/t13-,15?/m0/s1. The molecule has 0 amide bonds. The minimum atomic E-state index is -4.72. The first kappa shape index (κ1) is 16.3. The number of ketones is 1. The molecule has 2 fully saturated rings. The van der Waals surface area contributed by atoms with Crippen molar-refractivity contribution in [3.05, 3.63) is 29.8 Å². The number of hydrogen-bond acceptors (Lipinski definition) is 3. The molecule has 6 heteroatoms. The fraction of sp³-hybridized carbons (Fsp3) is 0.588. The summed E-state index contributed by atoms with van der Waals surface area (Å²) in [6.45, 7) is 0. The van der Waals surface area contributed by atoms with Gasteiger partial charge in [0.2, 0.25) is 0 Å². The molecule has 2 saturated carbocycles.